The summed E-state index contributed by atoms with van der Waals surface area (Å²) in [6, 6.07) is 15.9. The average Bonchev–Trinajstić information content (AvgIpc) is 3.25. The van der Waals surface area contributed by atoms with Crippen molar-refractivity contribution < 1.29 is 12.8 Å². The zero-order valence-corrected chi connectivity index (χ0v) is 16.3. The summed E-state index contributed by atoms with van der Waals surface area (Å²) in [5.41, 5.74) is 7.72. The molecule has 0 radical (unpaired) electrons. The lowest BCUT2D eigenvalue weighted by molar-refractivity contribution is 0.582. The number of nitrogens with two attached hydrogens (primary N) is 1. The molecule has 8 nitrogen and oxygen atoms in total. The first kappa shape index (κ1) is 18.8. The van der Waals surface area contributed by atoms with Crippen LogP contribution in [0.5, 0.6) is 0 Å². The number of aromatic nitrogens is 4. The molecule has 2 N–H and O–H groups in total. The minimum absolute atomic E-state index is 0.0244. The van der Waals surface area contributed by atoms with Crippen molar-refractivity contribution in [2.24, 2.45) is 0 Å². The van der Waals surface area contributed by atoms with Gasteiger partial charge in [0.2, 0.25) is 5.89 Å². The van der Waals surface area contributed by atoms with Crippen molar-refractivity contribution in [2.45, 2.75) is 11.8 Å². The SMILES string of the molecule is CCS(=O)(=O)c1ccccc1-c1cnc(N)c(-c2nnc(-c3ccccc3)o2)n1. The maximum absolute atomic E-state index is 12.5. The van der Waals surface area contributed by atoms with Gasteiger partial charge in [0.05, 0.1) is 22.5 Å². The van der Waals surface area contributed by atoms with Gasteiger partial charge in [0.25, 0.3) is 5.89 Å². The summed E-state index contributed by atoms with van der Waals surface area (Å²) in [6.07, 6.45) is 1.43. The second kappa shape index (κ2) is 7.44. The predicted molar refractivity (Wildman–Crippen MR) is 108 cm³/mol. The number of nitrogen functional groups attached to an aromatic ring is 1. The zero-order valence-electron chi connectivity index (χ0n) is 15.5. The Bertz CT molecular complexity index is 1270. The van der Waals surface area contributed by atoms with E-state index in [1.807, 2.05) is 30.3 Å². The number of rotatable bonds is 5. The molecule has 0 aliphatic rings. The molecule has 0 fully saturated rings. The molecule has 2 heterocycles. The second-order valence-electron chi connectivity index (χ2n) is 6.17. The largest absolute Gasteiger partial charge is 0.414 e. The number of benzene rings is 2. The highest BCUT2D eigenvalue weighted by Gasteiger charge is 2.21. The van der Waals surface area contributed by atoms with Crippen LogP contribution in [-0.2, 0) is 9.84 Å². The van der Waals surface area contributed by atoms with Crippen LogP contribution in [0.3, 0.4) is 0 Å². The first-order valence-corrected chi connectivity index (χ1v) is 10.5. The van der Waals surface area contributed by atoms with Gasteiger partial charge in [-0.2, -0.15) is 0 Å². The first-order valence-electron chi connectivity index (χ1n) is 8.83. The summed E-state index contributed by atoms with van der Waals surface area (Å²) >= 11 is 0. The number of nitrogens with zero attached hydrogens (tertiary/aromatic N) is 4. The van der Waals surface area contributed by atoms with E-state index in [-0.39, 0.29) is 28.1 Å². The second-order valence-corrected chi connectivity index (χ2v) is 8.41. The molecule has 9 heteroatoms. The fraction of sp³-hybridized carbons (Fsp3) is 0.100. The lowest BCUT2D eigenvalue weighted by atomic mass is 10.1. The molecule has 2 aromatic heterocycles. The highest BCUT2D eigenvalue weighted by molar-refractivity contribution is 7.91. The molecule has 0 bridgehead atoms. The summed E-state index contributed by atoms with van der Waals surface area (Å²) in [7, 11) is -3.45. The van der Waals surface area contributed by atoms with Gasteiger partial charge in [-0.15, -0.1) is 10.2 Å². The van der Waals surface area contributed by atoms with E-state index in [0.29, 0.717) is 17.1 Å². The van der Waals surface area contributed by atoms with E-state index < -0.39 is 9.84 Å². The highest BCUT2D eigenvalue weighted by atomic mass is 32.2. The third-order valence-electron chi connectivity index (χ3n) is 4.33. The van der Waals surface area contributed by atoms with Crippen LogP contribution in [0.4, 0.5) is 5.82 Å². The zero-order chi connectivity index (χ0) is 20.4. The van der Waals surface area contributed by atoms with Crippen molar-refractivity contribution in [1.29, 1.82) is 0 Å². The van der Waals surface area contributed by atoms with Gasteiger partial charge in [-0.1, -0.05) is 43.3 Å². The molecular weight excluding hydrogens is 390 g/mol. The molecule has 0 amide bonds. The predicted octanol–water partition coefficient (Wildman–Crippen LogP) is 3.24. The summed E-state index contributed by atoms with van der Waals surface area (Å²) < 4.78 is 30.6. The normalized spacial score (nSPS) is 11.5. The molecule has 0 unspecified atom stereocenters. The van der Waals surface area contributed by atoms with Crippen LogP contribution in [0.2, 0.25) is 0 Å². The Balaban J connectivity index is 1.81. The Labute approximate surface area is 167 Å². The van der Waals surface area contributed by atoms with Gasteiger partial charge in [0.15, 0.2) is 21.3 Å². The molecule has 29 heavy (non-hydrogen) atoms. The molecule has 0 spiro atoms. The van der Waals surface area contributed by atoms with Crippen LogP contribution in [0.15, 0.2) is 70.1 Å². The molecular formula is C20H17N5O3S. The van der Waals surface area contributed by atoms with Crippen LogP contribution in [0.25, 0.3) is 34.3 Å². The first-order chi connectivity index (χ1) is 14.0. The molecule has 0 aliphatic carbocycles. The Morgan fingerprint density at radius 2 is 1.66 bits per heavy atom. The maximum Gasteiger partial charge on any atom is 0.270 e. The maximum atomic E-state index is 12.5. The van der Waals surface area contributed by atoms with E-state index in [1.54, 1.807) is 31.2 Å². The van der Waals surface area contributed by atoms with E-state index in [0.717, 1.165) is 5.56 Å². The van der Waals surface area contributed by atoms with Crippen molar-refractivity contribution in [3.8, 4) is 34.3 Å². The Morgan fingerprint density at radius 3 is 2.41 bits per heavy atom. The third-order valence-corrected chi connectivity index (χ3v) is 6.11. The molecule has 0 aliphatic heterocycles. The highest BCUT2D eigenvalue weighted by Crippen LogP contribution is 2.30. The van der Waals surface area contributed by atoms with Gasteiger partial charge < -0.3 is 10.2 Å². The van der Waals surface area contributed by atoms with Gasteiger partial charge >= 0.3 is 0 Å². The van der Waals surface area contributed by atoms with Gasteiger partial charge in [0.1, 0.15) is 0 Å². The fourth-order valence-corrected chi connectivity index (χ4v) is 3.91. The molecule has 0 atom stereocenters. The van der Waals surface area contributed by atoms with Crippen LogP contribution in [-0.4, -0.2) is 34.3 Å². The fourth-order valence-electron chi connectivity index (χ4n) is 2.81. The Hall–Kier alpha value is -3.59. The quantitative estimate of drug-likeness (QED) is 0.534. The van der Waals surface area contributed by atoms with Gasteiger partial charge in [-0.05, 0) is 18.2 Å². The summed E-state index contributed by atoms with van der Waals surface area (Å²) in [5, 5.41) is 8.07. The van der Waals surface area contributed by atoms with Crippen molar-refractivity contribution in [3.63, 3.8) is 0 Å². The summed E-state index contributed by atoms with van der Waals surface area (Å²) in [6.45, 7) is 1.59. The van der Waals surface area contributed by atoms with E-state index in [4.69, 9.17) is 10.2 Å². The van der Waals surface area contributed by atoms with E-state index in [2.05, 4.69) is 20.2 Å². The topological polar surface area (TPSA) is 125 Å². The molecule has 0 saturated heterocycles. The van der Waals surface area contributed by atoms with E-state index in [1.165, 1.54) is 6.20 Å². The van der Waals surface area contributed by atoms with Crippen molar-refractivity contribution >= 4 is 15.7 Å². The summed E-state index contributed by atoms with van der Waals surface area (Å²) in [4.78, 5) is 8.82. The Morgan fingerprint density at radius 1 is 0.966 bits per heavy atom. The average molecular weight is 407 g/mol. The standard InChI is InChI=1S/C20H17N5O3S/c1-2-29(26,27)16-11-7-6-10-14(16)15-12-22-18(21)17(23-15)20-25-24-19(28-20)13-8-4-3-5-9-13/h3-12H,2H2,1H3,(H2,21,22). The smallest absolute Gasteiger partial charge is 0.270 e. The van der Waals surface area contributed by atoms with Crippen molar-refractivity contribution in [3.05, 3.63) is 60.8 Å². The van der Waals surface area contributed by atoms with Gasteiger partial charge in [0, 0.05) is 11.1 Å². The lowest BCUT2D eigenvalue weighted by Gasteiger charge is -2.09. The van der Waals surface area contributed by atoms with Crippen molar-refractivity contribution in [1.82, 2.24) is 20.2 Å². The number of hydrogen-bond acceptors (Lipinski definition) is 8. The van der Waals surface area contributed by atoms with Crippen LogP contribution in [0, 0.1) is 0 Å². The molecule has 2 aromatic carbocycles. The molecule has 4 rings (SSSR count). The van der Waals surface area contributed by atoms with Crippen molar-refractivity contribution in [2.75, 3.05) is 11.5 Å². The molecule has 4 aromatic rings. The summed E-state index contributed by atoms with van der Waals surface area (Å²) in [5.74, 6) is 0.504. The number of hydrogen-bond donors (Lipinski definition) is 1. The molecule has 146 valence electrons. The minimum atomic E-state index is -3.45. The lowest BCUT2D eigenvalue weighted by Crippen LogP contribution is -2.07. The van der Waals surface area contributed by atoms with Crippen LogP contribution in [0.1, 0.15) is 6.92 Å². The monoisotopic (exact) mass is 407 g/mol. The third kappa shape index (κ3) is 3.59. The van der Waals surface area contributed by atoms with Crippen LogP contribution < -0.4 is 5.73 Å². The number of anilines is 1. The van der Waals surface area contributed by atoms with E-state index in [9.17, 15) is 8.42 Å². The minimum Gasteiger partial charge on any atom is -0.414 e. The Kier molecular flexibility index (Phi) is 4.81. The van der Waals surface area contributed by atoms with Gasteiger partial charge in [-0.3, -0.25) is 0 Å². The molecule has 0 saturated carbocycles. The van der Waals surface area contributed by atoms with Gasteiger partial charge in [-0.25, -0.2) is 18.4 Å². The van der Waals surface area contributed by atoms with E-state index >= 15 is 0 Å². The number of sulfone groups is 1. The van der Waals surface area contributed by atoms with Crippen LogP contribution >= 0.6 is 0 Å².